The van der Waals surface area contributed by atoms with Crippen molar-refractivity contribution in [1.29, 1.82) is 0 Å². The number of anilines is 1. The maximum Gasteiger partial charge on any atom is 0.420 e. The molecular formula is C16H14BrClF3N3O3. The molecule has 3 heterocycles. The number of fused-ring (bicyclic) bond motifs is 3. The molecule has 2 bridgehead atoms. The zero-order valence-electron chi connectivity index (χ0n) is 13.8. The van der Waals surface area contributed by atoms with E-state index in [1.54, 1.807) is 4.90 Å². The molecule has 2 unspecified atom stereocenters. The van der Waals surface area contributed by atoms with Crippen LogP contribution in [-0.2, 0) is 6.18 Å². The van der Waals surface area contributed by atoms with E-state index in [9.17, 15) is 23.1 Å². The number of carbonyl (C=O) groups is 1. The van der Waals surface area contributed by atoms with Crippen LogP contribution in [0.15, 0.2) is 15.0 Å². The van der Waals surface area contributed by atoms with Crippen LogP contribution in [0.2, 0.25) is 5.02 Å². The number of hydrogen-bond acceptors (Lipinski definition) is 4. The number of benzene rings is 1. The third kappa shape index (κ3) is 3.12. The number of alkyl halides is 3. The quantitative estimate of drug-likeness (QED) is 0.639. The van der Waals surface area contributed by atoms with Gasteiger partial charge in [-0.2, -0.15) is 18.2 Å². The summed E-state index contributed by atoms with van der Waals surface area (Å²) in [4.78, 5) is 18.7. The van der Waals surface area contributed by atoms with Gasteiger partial charge in [0.05, 0.1) is 21.6 Å². The van der Waals surface area contributed by atoms with E-state index in [1.807, 2.05) is 0 Å². The lowest BCUT2D eigenvalue weighted by Gasteiger charge is -2.48. The molecule has 4 rings (SSSR count). The van der Waals surface area contributed by atoms with Gasteiger partial charge >= 0.3 is 12.3 Å². The first kappa shape index (κ1) is 18.7. The van der Waals surface area contributed by atoms with E-state index >= 15 is 0 Å². The topological polar surface area (TPSA) is 69.8 Å². The number of rotatable bonds is 1. The fraction of sp³-hybridized carbons (Fsp3) is 0.500. The Labute approximate surface area is 165 Å². The van der Waals surface area contributed by atoms with Crippen molar-refractivity contribution in [2.45, 2.75) is 37.5 Å². The minimum atomic E-state index is -4.68. The van der Waals surface area contributed by atoms with E-state index in [0.717, 1.165) is 12.5 Å². The summed E-state index contributed by atoms with van der Waals surface area (Å²) in [5.74, 6) is 0. The number of piperazine rings is 1. The Morgan fingerprint density at radius 3 is 2.52 bits per heavy atom. The van der Waals surface area contributed by atoms with Crippen LogP contribution < -0.4 is 4.90 Å². The number of carboxylic acid groups (broad SMARTS) is 1. The Hall–Kier alpha value is -1.68. The molecule has 2 aromatic rings. The van der Waals surface area contributed by atoms with E-state index < -0.39 is 22.9 Å². The lowest BCUT2D eigenvalue weighted by Crippen LogP contribution is -2.62. The van der Waals surface area contributed by atoms with Gasteiger partial charge in [-0.05, 0) is 41.3 Å². The first-order valence-corrected chi connectivity index (χ1v) is 9.46. The number of halogens is 5. The number of piperidine rings is 1. The number of nitrogens with zero attached hydrogens (tertiary/aromatic N) is 3. The Morgan fingerprint density at radius 2 is 1.96 bits per heavy atom. The van der Waals surface area contributed by atoms with Gasteiger partial charge in [-0.15, -0.1) is 0 Å². The summed E-state index contributed by atoms with van der Waals surface area (Å²) in [7, 11) is 0. The molecular weight excluding hydrogens is 455 g/mol. The summed E-state index contributed by atoms with van der Waals surface area (Å²) in [6.07, 6.45) is -3.34. The molecule has 1 N–H and O–H groups in total. The zero-order chi connectivity index (χ0) is 19.5. The SMILES string of the molecule is O=C(O)N1C2CCCC1CN(c1nc3c(C(F)(F)F)c(Cl)cc(Br)c3o1)C2. The van der Waals surface area contributed by atoms with E-state index in [0.29, 0.717) is 25.9 Å². The molecule has 1 amide bonds. The second-order valence-corrected chi connectivity index (χ2v) is 7.98. The van der Waals surface area contributed by atoms with Crippen LogP contribution in [0.3, 0.4) is 0 Å². The van der Waals surface area contributed by atoms with Crippen LogP contribution >= 0.6 is 27.5 Å². The summed E-state index contributed by atoms with van der Waals surface area (Å²) in [5, 5.41) is 8.97. The van der Waals surface area contributed by atoms with Crippen LogP contribution in [0.5, 0.6) is 0 Å². The van der Waals surface area contributed by atoms with Gasteiger partial charge in [-0.25, -0.2) is 4.79 Å². The average molecular weight is 469 g/mol. The minimum absolute atomic E-state index is 0.0347. The third-order valence-electron chi connectivity index (χ3n) is 5.06. The van der Waals surface area contributed by atoms with Gasteiger partial charge in [0, 0.05) is 13.1 Å². The van der Waals surface area contributed by atoms with E-state index in [2.05, 4.69) is 20.9 Å². The first-order valence-electron chi connectivity index (χ1n) is 8.28. The highest BCUT2D eigenvalue weighted by Crippen LogP contribution is 2.43. The average Bonchev–Trinajstić information content (AvgIpc) is 2.97. The van der Waals surface area contributed by atoms with Gasteiger partial charge in [0.15, 0.2) is 5.58 Å². The van der Waals surface area contributed by atoms with Crippen molar-refractivity contribution < 1.29 is 27.5 Å². The molecule has 2 aliphatic heterocycles. The largest absolute Gasteiger partial charge is 0.465 e. The maximum absolute atomic E-state index is 13.4. The molecule has 11 heteroatoms. The van der Waals surface area contributed by atoms with Crippen LogP contribution in [-0.4, -0.2) is 46.3 Å². The van der Waals surface area contributed by atoms with Crippen LogP contribution in [0.25, 0.3) is 11.1 Å². The van der Waals surface area contributed by atoms with Crippen LogP contribution in [0.1, 0.15) is 24.8 Å². The molecule has 1 aromatic carbocycles. The van der Waals surface area contributed by atoms with E-state index in [1.165, 1.54) is 4.90 Å². The summed E-state index contributed by atoms with van der Waals surface area (Å²) >= 11 is 8.98. The Bertz CT molecular complexity index is 906. The second kappa shape index (κ2) is 6.44. The fourth-order valence-electron chi connectivity index (χ4n) is 3.98. The third-order valence-corrected chi connectivity index (χ3v) is 5.95. The van der Waals surface area contributed by atoms with Crippen molar-refractivity contribution in [3.05, 3.63) is 21.1 Å². The van der Waals surface area contributed by atoms with Gasteiger partial charge in [0.2, 0.25) is 0 Å². The summed E-state index contributed by atoms with van der Waals surface area (Å²) in [6.45, 7) is 0.644. The van der Waals surface area contributed by atoms with Crippen molar-refractivity contribution >= 4 is 50.7 Å². The zero-order valence-corrected chi connectivity index (χ0v) is 16.1. The van der Waals surface area contributed by atoms with E-state index in [4.69, 9.17) is 16.0 Å². The van der Waals surface area contributed by atoms with E-state index in [-0.39, 0.29) is 33.7 Å². The van der Waals surface area contributed by atoms with Crippen molar-refractivity contribution in [2.75, 3.05) is 18.0 Å². The van der Waals surface area contributed by atoms with Gasteiger partial charge in [-0.1, -0.05) is 11.6 Å². The molecule has 0 spiro atoms. The molecule has 2 atom stereocenters. The lowest BCUT2D eigenvalue weighted by molar-refractivity contribution is -0.136. The minimum Gasteiger partial charge on any atom is -0.465 e. The molecule has 0 saturated carbocycles. The highest BCUT2D eigenvalue weighted by molar-refractivity contribution is 9.10. The van der Waals surface area contributed by atoms with Crippen molar-refractivity contribution in [1.82, 2.24) is 9.88 Å². The van der Waals surface area contributed by atoms with Gasteiger partial charge in [-0.3, -0.25) is 4.90 Å². The normalized spacial score (nSPS) is 23.1. The number of aromatic nitrogens is 1. The Kier molecular flexibility index (Phi) is 4.45. The molecule has 2 fully saturated rings. The van der Waals surface area contributed by atoms with Gasteiger partial charge in [0.25, 0.3) is 6.01 Å². The molecule has 2 aliphatic rings. The van der Waals surface area contributed by atoms with Crippen LogP contribution in [0, 0.1) is 0 Å². The highest BCUT2D eigenvalue weighted by Gasteiger charge is 2.42. The maximum atomic E-state index is 13.4. The fourth-order valence-corrected chi connectivity index (χ4v) is 4.92. The molecule has 0 radical (unpaired) electrons. The number of hydrogen-bond donors (Lipinski definition) is 1. The molecule has 27 heavy (non-hydrogen) atoms. The predicted molar refractivity (Wildman–Crippen MR) is 95.2 cm³/mol. The number of amides is 1. The van der Waals surface area contributed by atoms with Gasteiger partial charge in [0.1, 0.15) is 11.1 Å². The van der Waals surface area contributed by atoms with Crippen molar-refractivity contribution in [2.24, 2.45) is 0 Å². The standard InChI is InChI=1S/C16H14BrClF3N3O3/c17-9-4-10(18)11(16(19,20)21)12-13(9)27-14(22-12)23-5-7-2-1-3-8(6-23)24(7)15(25)26/h4,7-8H,1-3,5-6H2,(H,25,26). The second-order valence-electron chi connectivity index (χ2n) is 6.72. The van der Waals surface area contributed by atoms with Crippen molar-refractivity contribution in [3.63, 3.8) is 0 Å². The monoisotopic (exact) mass is 467 g/mol. The smallest absolute Gasteiger partial charge is 0.420 e. The Morgan fingerprint density at radius 1 is 1.33 bits per heavy atom. The van der Waals surface area contributed by atoms with Gasteiger partial charge < -0.3 is 14.4 Å². The summed E-state index contributed by atoms with van der Waals surface area (Å²) in [6, 6.07) is 0.706. The number of oxazole rings is 1. The summed E-state index contributed by atoms with van der Waals surface area (Å²) in [5.41, 5.74) is -1.43. The summed E-state index contributed by atoms with van der Waals surface area (Å²) < 4.78 is 46.2. The highest BCUT2D eigenvalue weighted by atomic mass is 79.9. The van der Waals surface area contributed by atoms with Crippen LogP contribution in [0.4, 0.5) is 24.0 Å². The molecule has 0 aliphatic carbocycles. The molecule has 2 saturated heterocycles. The molecule has 146 valence electrons. The first-order chi connectivity index (χ1) is 12.7. The molecule has 1 aromatic heterocycles. The predicted octanol–water partition coefficient (Wildman–Crippen LogP) is 4.98. The lowest BCUT2D eigenvalue weighted by atomic mass is 9.92. The van der Waals surface area contributed by atoms with Crippen molar-refractivity contribution in [3.8, 4) is 0 Å². The Balaban J connectivity index is 1.75. The molecule has 6 nitrogen and oxygen atoms in total.